The van der Waals surface area contributed by atoms with Gasteiger partial charge in [-0.15, -0.1) is 0 Å². The van der Waals surface area contributed by atoms with Crippen LogP contribution in [0.2, 0.25) is 0 Å². The van der Waals surface area contributed by atoms with E-state index >= 15 is 0 Å². The molecule has 0 heterocycles. The second-order valence-electron chi connectivity index (χ2n) is 11.3. The van der Waals surface area contributed by atoms with Gasteiger partial charge in [-0.1, -0.05) is 60.7 Å². The van der Waals surface area contributed by atoms with Crippen molar-refractivity contribution in [2.24, 2.45) is 0 Å². The molecule has 0 N–H and O–H groups in total. The minimum Gasteiger partial charge on any atom is -0.186 e. The molecule has 0 aromatic heterocycles. The van der Waals surface area contributed by atoms with E-state index in [-0.39, 0.29) is 93.0 Å². The number of rotatable bonds is 15. The summed E-state index contributed by atoms with van der Waals surface area (Å²) in [6.07, 6.45) is 0.250. The molecule has 0 bridgehead atoms. The Kier molecular flexibility index (Phi) is 70.6. The molecule has 0 aliphatic carbocycles. The zero-order valence-electron chi connectivity index (χ0n) is 35.7. The quantitative estimate of drug-likeness (QED) is 0.0595. The van der Waals surface area contributed by atoms with Crippen LogP contribution in [0.4, 0.5) is 26.3 Å². The molecule has 0 unspecified atom stereocenters. The summed E-state index contributed by atoms with van der Waals surface area (Å²) in [4.78, 5) is 16.2. The molecule has 0 saturated carbocycles. The van der Waals surface area contributed by atoms with Crippen LogP contribution < -0.4 is 13.3 Å². The summed E-state index contributed by atoms with van der Waals surface area (Å²) in [5.41, 5.74) is 3.75. The fourth-order valence-corrected chi connectivity index (χ4v) is 4400. The Labute approximate surface area is 685 Å². The van der Waals surface area contributed by atoms with Gasteiger partial charge in [0.25, 0.3) is 0 Å². The van der Waals surface area contributed by atoms with E-state index in [9.17, 15) is 26.3 Å². The Hall–Kier alpha value is 19.6. The largest absolute Gasteiger partial charge is 0.373 e. The minimum atomic E-state index is -0.567. The van der Waals surface area contributed by atoms with E-state index in [0.29, 0.717) is 45.5 Å². The molecule has 76 heavy (non-hydrogen) atoms. The first kappa shape index (κ1) is 95.6. The summed E-state index contributed by atoms with van der Waals surface area (Å²) < 4.78 is 78.3. The molecule has 0 radical (unpaired) electrons. The van der Waals surface area contributed by atoms with Crippen molar-refractivity contribution in [3.05, 3.63) is 153 Å². The summed E-state index contributed by atoms with van der Waals surface area (Å²) >= 11 is 57.2. The molecule has 0 amide bonds. The van der Waals surface area contributed by atoms with Crippen molar-refractivity contribution in [3.8, 4) is 22.3 Å². The molecule has 5 aromatic carbocycles. The van der Waals surface area contributed by atoms with E-state index in [4.69, 9.17) is 9.59 Å². The topological polar surface area (TPSA) is 34.1 Å². The maximum atomic E-state index is 13.5. The van der Waals surface area contributed by atoms with Crippen molar-refractivity contribution in [1.29, 1.82) is 0 Å². The van der Waals surface area contributed by atoms with Crippen LogP contribution in [0.3, 0.4) is 0 Å². The van der Waals surface area contributed by atoms with Crippen LogP contribution in [0.15, 0.2) is 102 Å². The molecular weight excluding hydrogens is 4820 g/mol. The van der Waals surface area contributed by atoms with E-state index in [1.807, 2.05) is 36.4 Å². The maximum absolute atomic E-state index is 13.5. The molecule has 0 fully saturated rings. The van der Waals surface area contributed by atoms with Gasteiger partial charge in [-0.3, -0.25) is 0 Å². The number of aryl methyl sites for hydroxylation is 3. The normalized spacial score (nSPS) is 13.1. The third kappa shape index (κ3) is 40.1. The zero-order chi connectivity index (χ0) is 58.9. The Morgan fingerprint density at radius 2 is 0.632 bits per heavy atom. The molecule has 5 rings (SSSR count). The SMILES string of the molecule is Cc1cc(-c2ccccc2)c(F)cc1F.Cc1cc(-c2ccccc2)c(F)cc1F.Cc1cc(Br)c(F)cc1F.II(I)I(I)I(I)I(I)I(I)I(I)I(I)I.I[I-]I(I)I(I)I(I)I(I)I(I)I(I)I(I)I.O=C=O. The molecule has 0 saturated heterocycles. The average molecular weight is 4850 g/mol. The van der Waals surface area contributed by atoms with Gasteiger partial charge in [0.05, 0.1) is 4.47 Å². The van der Waals surface area contributed by atoms with Crippen LogP contribution in [0, 0.1) is 55.7 Å². The van der Waals surface area contributed by atoms with Crippen LogP contribution in [-0.4, -0.2) is 6.15 Å². The number of halogens is 40. The Balaban J connectivity index is 0.000000919. The predicted molar refractivity (Wildman–Crippen MR) is 606 cm³/mol. The molecular formula is C34H25BrF6I33O2-. The van der Waals surface area contributed by atoms with Gasteiger partial charge < -0.3 is 0 Å². The van der Waals surface area contributed by atoms with E-state index in [1.54, 1.807) is 45.0 Å². The van der Waals surface area contributed by atoms with Crippen LogP contribution >= 0.6 is 462 Å². The van der Waals surface area contributed by atoms with E-state index in [2.05, 4.69) is 351 Å². The van der Waals surface area contributed by atoms with E-state index in [0.717, 1.165) is 29.3 Å². The first-order chi connectivity index (χ1) is 35.3. The summed E-state index contributed by atoms with van der Waals surface area (Å²) in [5.74, 6) is -3.14. The van der Waals surface area contributed by atoms with Gasteiger partial charge >= 0.3 is 465 Å². The molecule has 5 aromatic rings. The maximum Gasteiger partial charge on any atom is 0.373 e. The molecule has 0 aliphatic rings. The van der Waals surface area contributed by atoms with E-state index < -0.39 is 58.6 Å². The fourth-order valence-electron chi connectivity index (χ4n) is 3.94. The third-order valence-electron chi connectivity index (χ3n) is 6.89. The second-order valence-corrected chi connectivity index (χ2v) is 711. The predicted octanol–water partition coefficient (Wildman–Crippen LogP) is 35.7. The molecule has 42 heteroatoms. The van der Waals surface area contributed by atoms with Gasteiger partial charge in [0.2, 0.25) is 0 Å². The molecule has 0 atom stereocenters. The van der Waals surface area contributed by atoms with Crippen molar-refractivity contribution in [1.82, 2.24) is 0 Å². The van der Waals surface area contributed by atoms with Gasteiger partial charge in [-0.25, -0.2) is 26.3 Å². The van der Waals surface area contributed by atoms with Crippen LogP contribution in [0.5, 0.6) is 0 Å². The number of hydrogen-bond acceptors (Lipinski definition) is 2. The van der Waals surface area contributed by atoms with Gasteiger partial charge in [-0.05, 0) is 82.7 Å². The molecule has 0 aliphatic heterocycles. The van der Waals surface area contributed by atoms with Crippen molar-refractivity contribution < 1.29 is 49.2 Å². The Morgan fingerprint density at radius 3 is 0.895 bits per heavy atom. The van der Waals surface area contributed by atoms with Crippen molar-refractivity contribution in [2.45, 2.75) is 20.8 Å². The summed E-state index contributed by atoms with van der Waals surface area (Å²) in [6, 6.07) is 25.4. The van der Waals surface area contributed by atoms with Crippen LogP contribution in [0.1, 0.15) is 16.7 Å². The van der Waals surface area contributed by atoms with E-state index in [1.165, 1.54) is 18.2 Å². The van der Waals surface area contributed by atoms with Gasteiger partial charge in [-0.2, -0.15) is 9.59 Å². The summed E-state index contributed by atoms with van der Waals surface area (Å²) in [7, 11) is -5.12. The second kappa shape index (κ2) is 56.1. The molecule has 454 valence electrons. The Morgan fingerprint density at radius 1 is 0.382 bits per heavy atom. The van der Waals surface area contributed by atoms with Crippen LogP contribution in [0.25, 0.3) is 22.3 Å². The van der Waals surface area contributed by atoms with Gasteiger partial charge in [0.15, 0.2) is 0 Å². The Bertz CT molecular complexity index is 2340. The third-order valence-corrected chi connectivity index (χ3v) is 2070. The number of benzene rings is 5. The fraction of sp³-hybridized carbons (Fsp3) is 0.0882. The van der Waals surface area contributed by atoms with Crippen molar-refractivity contribution in [2.75, 3.05) is 0 Å². The zero-order valence-corrected chi connectivity index (χ0v) is 108. The first-order valence-corrected chi connectivity index (χ1v) is 213. The van der Waals surface area contributed by atoms with Crippen molar-refractivity contribution in [3.63, 3.8) is 0 Å². The first-order valence-electron chi connectivity index (χ1n) is 16.9. The standard InChI is InChI=1S/2C13H10F2.C7H5BrF2.CO2.I17.I16/c2*1-9-7-11(13(15)8-12(9)14)10-5-3-2-4-6-10;1-4-2-5(8)7(10)3-6(4)9;2-1-3;1-10-12(4)14(6)16(8)17(9)15(7)13(5)11(2)3;1-10(2)12(5)14(7)16(9)15(8)13(6)11(3)4/h2*2-8H,1H3;2-3H,1H3;;;/q;;;;-1;. The average Bonchev–Trinajstić information content (AvgIpc) is 3.39. The summed E-state index contributed by atoms with van der Waals surface area (Å²) in [6.45, 7) is 4.84. The van der Waals surface area contributed by atoms with Crippen LogP contribution in [-0.2, 0) is 9.59 Å². The summed E-state index contributed by atoms with van der Waals surface area (Å²) in [5, 5.41) is 0. The molecule has 2 nitrogen and oxygen atoms in total. The van der Waals surface area contributed by atoms with Crippen molar-refractivity contribution >= 4 is 468 Å². The molecule has 0 spiro atoms. The van der Waals surface area contributed by atoms with Gasteiger partial charge in [0.1, 0.15) is 34.9 Å². The monoisotopic (exact) mass is 4850 g/mol. The number of carbonyl (C=O) groups excluding carboxylic acids is 2. The minimum absolute atomic E-state index is 0.250. The smallest absolute Gasteiger partial charge is 0.186 e. The van der Waals surface area contributed by atoms with Gasteiger partial charge in [0, 0.05) is 29.3 Å². The number of hydrogen-bond donors (Lipinski definition) is 0.